The summed E-state index contributed by atoms with van der Waals surface area (Å²) in [6.07, 6.45) is -0.242. The largest absolute Gasteiger partial charge is 0.416 e. The van der Waals surface area contributed by atoms with E-state index in [1.807, 2.05) is 14.1 Å². The minimum atomic E-state index is -4.44. The van der Waals surface area contributed by atoms with Crippen molar-refractivity contribution in [3.63, 3.8) is 0 Å². The van der Waals surface area contributed by atoms with Gasteiger partial charge in [-0.25, -0.2) is 0 Å². The molecule has 0 aliphatic heterocycles. The van der Waals surface area contributed by atoms with E-state index in [0.717, 1.165) is 37.8 Å². The number of likely N-dealkylation sites (N-methyl/N-ethyl adjacent to an activating group) is 1. The van der Waals surface area contributed by atoms with Crippen LogP contribution in [0.5, 0.6) is 0 Å². The summed E-state index contributed by atoms with van der Waals surface area (Å²) in [5, 5.41) is 2.79. The third-order valence-electron chi connectivity index (χ3n) is 4.51. The van der Waals surface area contributed by atoms with Gasteiger partial charge in [0.15, 0.2) is 0 Å². The van der Waals surface area contributed by atoms with Crippen LogP contribution >= 0.6 is 0 Å². The Kier molecular flexibility index (Phi) is 4.80. The van der Waals surface area contributed by atoms with Crippen molar-refractivity contribution in [1.82, 2.24) is 10.2 Å². The second-order valence-electron chi connectivity index (χ2n) is 6.09. The van der Waals surface area contributed by atoms with E-state index in [-0.39, 0.29) is 11.1 Å². The number of benzene rings is 1. The molecule has 1 fully saturated rings. The second-order valence-corrected chi connectivity index (χ2v) is 6.09. The quantitative estimate of drug-likeness (QED) is 0.925. The summed E-state index contributed by atoms with van der Waals surface area (Å²) in [4.78, 5) is 14.3. The van der Waals surface area contributed by atoms with Gasteiger partial charge in [0.05, 0.1) is 5.56 Å². The first-order valence-electron chi connectivity index (χ1n) is 7.37. The van der Waals surface area contributed by atoms with Crippen LogP contribution in [0, 0.1) is 0 Å². The molecule has 0 unspecified atom stereocenters. The molecule has 0 bridgehead atoms. The van der Waals surface area contributed by atoms with E-state index < -0.39 is 17.6 Å². The SMILES string of the molecule is CN(C)C1(CNC(=O)c2cccc(C(F)(F)F)c2)CCCC1. The molecule has 1 aromatic rings. The van der Waals surface area contributed by atoms with Gasteiger partial charge in [0.2, 0.25) is 0 Å². The van der Waals surface area contributed by atoms with Crippen molar-refractivity contribution in [1.29, 1.82) is 0 Å². The predicted octanol–water partition coefficient (Wildman–Crippen LogP) is 3.31. The van der Waals surface area contributed by atoms with Gasteiger partial charge in [-0.05, 0) is 45.1 Å². The normalized spacial score (nSPS) is 17.7. The fourth-order valence-corrected chi connectivity index (χ4v) is 3.00. The lowest BCUT2D eigenvalue weighted by atomic mass is 9.96. The fourth-order valence-electron chi connectivity index (χ4n) is 3.00. The van der Waals surface area contributed by atoms with Crippen LogP contribution in [0.1, 0.15) is 41.6 Å². The number of alkyl halides is 3. The van der Waals surface area contributed by atoms with Crippen LogP contribution in [0.25, 0.3) is 0 Å². The molecule has 0 saturated heterocycles. The zero-order valence-corrected chi connectivity index (χ0v) is 12.8. The first-order chi connectivity index (χ1) is 10.2. The predicted molar refractivity (Wildman–Crippen MR) is 78.7 cm³/mol. The van der Waals surface area contributed by atoms with Crippen molar-refractivity contribution in [3.05, 3.63) is 35.4 Å². The molecular weight excluding hydrogens is 293 g/mol. The van der Waals surface area contributed by atoms with Gasteiger partial charge in [-0.2, -0.15) is 13.2 Å². The Morgan fingerprint density at radius 2 is 1.91 bits per heavy atom. The Morgan fingerprint density at radius 1 is 1.27 bits per heavy atom. The van der Waals surface area contributed by atoms with Crippen LogP contribution in [0.2, 0.25) is 0 Å². The Morgan fingerprint density at radius 3 is 2.45 bits per heavy atom. The zero-order valence-electron chi connectivity index (χ0n) is 12.8. The van der Waals surface area contributed by atoms with E-state index in [2.05, 4.69) is 10.2 Å². The third kappa shape index (κ3) is 3.61. The molecule has 2 rings (SSSR count). The Bertz CT molecular complexity index is 534. The maximum Gasteiger partial charge on any atom is 0.416 e. The molecule has 1 N–H and O–H groups in total. The Balaban J connectivity index is 2.06. The Hall–Kier alpha value is -1.56. The van der Waals surface area contributed by atoms with E-state index >= 15 is 0 Å². The van der Waals surface area contributed by atoms with Gasteiger partial charge in [-0.1, -0.05) is 18.9 Å². The fraction of sp³-hybridized carbons (Fsp3) is 0.562. The number of halogens is 3. The minimum absolute atomic E-state index is 0.0433. The Labute approximate surface area is 128 Å². The first kappa shape index (κ1) is 16.8. The van der Waals surface area contributed by atoms with E-state index in [0.29, 0.717) is 6.54 Å². The molecule has 0 aromatic heterocycles. The molecule has 1 amide bonds. The summed E-state index contributed by atoms with van der Waals surface area (Å²) < 4.78 is 38.1. The summed E-state index contributed by atoms with van der Waals surface area (Å²) in [5.74, 6) is -0.459. The highest BCUT2D eigenvalue weighted by atomic mass is 19.4. The van der Waals surface area contributed by atoms with Gasteiger partial charge in [0, 0.05) is 17.6 Å². The van der Waals surface area contributed by atoms with E-state index in [1.54, 1.807) is 0 Å². The minimum Gasteiger partial charge on any atom is -0.350 e. The van der Waals surface area contributed by atoms with Crippen molar-refractivity contribution in [3.8, 4) is 0 Å². The average Bonchev–Trinajstić information content (AvgIpc) is 2.94. The molecular formula is C16H21F3N2O. The maximum absolute atomic E-state index is 12.7. The molecule has 3 nitrogen and oxygen atoms in total. The van der Waals surface area contributed by atoms with Crippen molar-refractivity contribution in [2.45, 2.75) is 37.4 Å². The van der Waals surface area contributed by atoms with Gasteiger partial charge in [0.25, 0.3) is 5.91 Å². The summed E-state index contributed by atoms with van der Waals surface area (Å²) in [6, 6.07) is 4.53. The molecule has 0 spiro atoms. The van der Waals surface area contributed by atoms with Gasteiger partial charge >= 0.3 is 6.18 Å². The van der Waals surface area contributed by atoms with E-state index in [4.69, 9.17) is 0 Å². The molecule has 1 saturated carbocycles. The van der Waals surface area contributed by atoms with Crippen LogP contribution in [-0.2, 0) is 6.18 Å². The summed E-state index contributed by atoms with van der Waals surface area (Å²) in [7, 11) is 3.95. The highest BCUT2D eigenvalue weighted by molar-refractivity contribution is 5.94. The van der Waals surface area contributed by atoms with Crippen molar-refractivity contribution in [2.75, 3.05) is 20.6 Å². The molecule has 0 radical (unpaired) electrons. The van der Waals surface area contributed by atoms with Crippen LogP contribution in [-0.4, -0.2) is 37.0 Å². The molecule has 22 heavy (non-hydrogen) atoms. The number of carbonyl (C=O) groups excluding carboxylic acids is 1. The standard InChI is InChI=1S/C16H21F3N2O/c1-21(2)15(8-3-4-9-15)11-20-14(22)12-6-5-7-13(10-12)16(17,18)19/h5-7,10H,3-4,8-9,11H2,1-2H3,(H,20,22). The maximum atomic E-state index is 12.7. The number of hydrogen-bond donors (Lipinski definition) is 1. The number of carbonyl (C=O) groups is 1. The van der Waals surface area contributed by atoms with Gasteiger partial charge in [0.1, 0.15) is 0 Å². The average molecular weight is 314 g/mol. The lowest BCUT2D eigenvalue weighted by Gasteiger charge is -2.36. The molecule has 0 heterocycles. The number of hydrogen-bond acceptors (Lipinski definition) is 2. The van der Waals surface area contributed by atoms with Crippen LogP contribution in [0.4, 0.5) is 13.2 Å². The molecule has 0 atom stereocenters. The monoisotopic (exact) mass is 314 g/mol. The first-order valence-corrected chi connectivity index (χ1v) is 7.37. The van der Waals surface area contributed by atoms with Crippen LogP contribution < -0.4 is 5.32 Å². The van der Waals surface area contributed by atoms with E-state index in [9.17, 15) is 18.0 Å². The van der Waals surface area contributed by atoms with Gasteiger partial charge in [-0.15, -0.1) is 0 Å². The molecule has 1 aromatic carbocycles. The van der Waals surface area contributed by atoms with Gasteiger partial charge < -0.3 is 10.2 Å². The molecule has 1 aliphatic rings. The van der Waals surface area contributed by atoms with E-state index in [1.165, 1.54) is 12.1 Å². The molecule has 122 valence electrons. The molecule has 1 aliphatic carbocycles. The van der Waals surface area contributed by atoms with Gasteiger partial charge in [-0.3, -0.25) is 4.79 Å². The highest BCUT2D eigenvalue weighted by Gasteiger charge is 2.36. The van der Waals surface area contributed by atoms with Crippen molar-refractivity contribution < 1.29 is 18.0 Å². The highest BCUT2D eigenvalue weighted by Crippen LogP contribution is 2.33. The topological polar surface area (TPSA) is 32.3 Å². The van der Waals surface area contributed by atoms with Crippen molar-refractivity contribution >= 4 is 5.91 Å². The number of nitrogens with one attached hydrogen (secondary N) is 1. The van der Waals surface area contributed by atoms with Crippen LogP contribution in [0.15, 0.2) is 24.3 Å². The number of amides is 1. The second kappa shape index (κ2) is 6.28. The van der Waals surface area contributed by atoms with Crippen LogP contribution in [0.3, 0.4) is 0 Å². The smallest absolute Gasteiger partial charge is 0.350 e. The lowest BCUT2D eigenvalue weighted by molar-refractivity contribution is -0.137. The summed E-state index contributed by atoms with van der Waals surface area (Å²) in [6.45, 7) is 0.453. The summed E-state index contributed by atoms with van der Waals surface area (Å²) in [5.41, 5.74) is -0.845. The summed E-state index contributed by atoms with van der Waals surface area (Å²) >= 11 is 0. The third-order valence-corrected chi connectivity index (χ3v) is 4.51. The molecule has 6 heteroatoms. The van der Waals surface area contributed by atoms with Crippen molar-refractivity contribution in [2.24, 2.45) is 0 Å². The number of nitrogens with zero attached hydrogens (tertiary/aromatic N) is 1. The number of rotatable bonds is 4. The zero-order chi connectivity index (χ0) is 16.4. The lowest BCUT2D eigenvalue weighted by Crippen LogP contribution is -2.50.